The molecule has 1 amide bonds. The topological polar surface area (TPSA) is 35.6 Å². The van der Waals surface area contributed by atoms with Crippen molar-refractivity contribution in [3.63, 3.8) is 0 Å². The molecule has 84 valence electrons. The largest absolute Gasteiger partial charge is 0.319 e. The lowest BCUT2D eigenvalue weighted by molar-refractivity contribution is -0.133. The molecule has 2 aliphatic heterocycles. The summed E-state index contributed by atoms with van der Waals surface area (Å²) in [4.78, 5) is 14.9. The van der Waals surface area contributed by atoms with Crippen molar-refractivity contribution in [1.82, 2.24) is 15.3 Å². The summed E-state index contributed by atoms with van der Waals surface area (Å²) >= 11 is 1.73. The van der Waals surface area contributed by atoms with Crippen LogP contribution in [0.15, 0.2) is 29.9 Å². The Morgan fingerprint density at radius 1 is 1.50 bits per heavy atom. The summed E-state index contributed by atoms with van der Waals surface area (Å²) < 4.78 is 0. The lowest BCUT2D eigenvalue weighted by Gasteiger charge is -2.29. The summed E-state index contributed by atoms with van der Waals surface area (Å²) in [7, 11) is 1.80. The van der Waals surface area contributed by atoms with Crippen molar-refractivity contribution in [2.45, 2.75) is 18.5 Å². The number of fused-ring (bicyclic) bond motifs is 1. The normalized spacial score (nSPS) is 28.7. The highest BCUT2D eigenvalue weighted by Gasteiger charge is 2.39. The van der Waals surface area contributed by atoms with Gasteiger partial charge in [0.05, 0.1) is 6.04 Å². The average Bonchev–Trinajstić information content (AvgIpc) is 2.91. The number of rotatable bonds is 1. The van der Waals surface area contributed by atoms with Crippen LogP contribution in [0.25, 0.3) is 0 Å². The molecule has 1 fully saturated rings. The molecule has 3 rings (SSSR count). The van der Waals surface area contributed by atoms with E-state index >= 15 is 0 Å². The molecule has 1 aromatic rings. The van der Waals surface area contributed by atoms with Gasteiger partial charge >= 0.3 is 0 Å². The van der Waals surface area contributed by atoms with Crippen molar-refractivity contribution in [1.29, 1.82) is 0 Å². The first kappa shape index (κ1) is 9.86. The second-order valence-electron chi connectivity index (χ2n) is 4.10. The Kier molecular flexibility index (Phi) is 2.22. The van der Waals surface area contributed by atoms with E-state index in [0.717, 1.165) is 6.42 Å². The molecule has 2 aliphatic rings. The number of likely N-dealkylation sites (N-methyl/N-ethyl adjacent to an activating group) is 1. The van der Waals surface area contributed by atoms with Crippen LogP contribution in [0.3, 0.4) is 0 Å². The number of nitrogens with zero attached hydrogens (tertiary/aromatic N) is 2. The number of carbonyl (C=O) groups excluding carboxylic acids is 1. The molecule has 5 heteroatoms. The summed E-state index contributed by atoms with van der Waals surface area (Å²) in [5, 5.41) is 3.99. The molecule has 2 unspecified atom stereocenters. The fourth-order valence-corrected chi connectivity index (χ4v) is 2.96. The lowest BCUT2D eigenvalue weighted by atomic mass is 10.1. The molecule has 1 saturated heterocycles. The Morgan fingerprint density at radius 2 is 2.38 bits per heavy atom. The van der Waals surface area contributed by atoms with Gasteiger partial charge in [-0.15, -0.1) is 11.3 Å². The zero-order chi connectivity index (χ0) is 11.1. The first-order valence-corrected chi connectivity index (χ1v) is 6.16. The van der Waals surface area contributed by atoms with Crippen molar-refractivity contribution >= 4 is 17.2 Å². The van der Waals surface area contributed by atoms with Crippen LogP contribution in [0.1, 0.15) is 17.3 Å². The van der Waals surface area contributed by atoms with Gasteiger partial charge in [0.2, 0.25) is 0 Å². The molecule has 16 heavy (non-hydrogen) atoms. The number of hydrogen-bond donors (Lipinski definition) is 1. The monoisotopic (exact) mass is 235 g/mol. The zero-order valence-electron chi connectivity index (χ0n) is 8.96. The van der Waals surface area contributed by atoms with Gasteiger partial charge in [-0.2, -0.15) is 0 Å². The first-order valence-electron chi connectivity index (χ1n) is 5.28. The molecule has 3 heterocycles. The molecule has 0 bridgehead atoms. The lowest BCUT2D eigenvalue weighted by Crippen LogP contribution is -2.46. The number of thiophene rings is 1. The molecule has 0 aromatic carbocycles. The predicted octanol–water partition coefficient (Wildman–Crippen LogP) is 1.31. The Bertz CT molecular complexity index is 428. The van der Waals surface area contributed by atoms with E-state index in [0.29, 0.717) is 0 Å². The van der Waals surface area contributed by atoms with Crippen molar-refractivity contribution in [2.75, 3.05) is 7.05 Å². The van der Waals surface area contributed by atoms with E-state index in [-0.39, 0.29) is 18.0 Å². The van der Waals surface area contributed by atoms with Crippen LogP contribution in [0.4, 0.5) is 0 Å². The van der Waals surface area contributed by atoms with E-state index < -0.39 is 0 Å². The summed E-state index contributed by atoms with van der Waals surface area (Å²) in [6, 6.07) is 4.37. The van der Waals surface area contributed by atoms with Crippen LogP contribution in [0.2, 0.25) is 0 Å². The van der Waals surface area contributed by atoms with E-state index in [1.165, 1.54) is 4.88 Å². The summed E-state index contributed by atoms with van der Waals surface area (Å²) in [6.07, 6.45) is 4.57. The van der Waals surface area contributed by atoms with Crippen molar-refractivity contribution in [3.05, 3.63) is 34.8 Å². The molecule has 0 radical (unpaired) electrons. The van der Waals surface area contributed by atoms with E-state index in [2.05, 4.69) is 16.9 Å². The molecule has 2 atom stereocenters. The van der Waals surface area contributed by atoms with Gasteiger partial charge in [-0.25, -0.2) is 5.43 Å². The Hall–Kier alpha value is -1.33. The minimum absolute atomic E-state index is 0.0536. The van der Waals surface area contributed by atoms with Crippen LogP contribution in [-0.4, -0.2) is 28.9 Å². The highest BCUT2D eigenvalue weighted by molar-refractivity contribution is 7.10. The first-order chi connectivity index (χ1) is 7.75. The molecular formula is C11H13N3OS. The van der Waals surface area contributed by atoms with Crippen LogP contribution in [0, 0.1) is 0 Å². The summed E-state index contributed by atoms with van der Waals surface area (Å²) in [6.45, 7) is 0. The van der Waals surface area contributed by atoms with Gasteiger partial charge in [-0.3, -0.25) is 4.79 Å². The minimum Gasteiger partial charge on any atom is -0.319 e. The van der Waals surface area contributed by atoms with Gasteiger partial charge in [0.15, 0.2) is 0 Å². The van der Waals surface area contributed by atoms with Gasteiger partial charge in [0.1, 0.15) is 6.04 Å². The number of hydrazine groups is 1. The van der Waals surface area contributed by atoms with Gasteiger partial charge in [0.25, 0.3) is 5.91 Å². The number of carbonyl (C=O) groups is 1. The Balaban J connectivity index is 1.83. The third-order valence-electron chi connectivity index (χ3n) is 3.07. The third-order valence-corrected chi connectivity index (χ3v) is 4.06. The molecular weight excluding hydrogens is 222 g/mol. The Morgan fingerprint density at radius 3 is 3.12 bits per heavy atom. The molecule has 1 N–H and O–H groups in total. The van der Waals surface area contributed by atoms with Crippen LogP contribution < -0.4 is 5.43 Å². The van der Waals surface area contributed by atoms with Crippen molar-refractivity contribution in [2.24, 2.45) is 0 Å². The molecule has 4 nitrogen and oxygen atoms in total. The zero-order valence-corrected chi connectivity index (χ0v) is 9.78. The van der Waals surface area contributed by atoms with Gasteiger partial charge < -0.3 is 9.91 Å². The number of nitrogens with one attached hydrogen (secondary N) is 1. The quantitative estimate of drug-likeness (QED) is 0.797. The summed E-state index contributed by atoms with van der Waals surface area (Å²) in [5.41, 5.74) is 3.36. The smallest absolute Gasteiger partial charge is 0.250 e. The van der Waals surface area contributed by atoms with Crippen LogP contribution in [-0.2, 0) is 4.79 Å². The maximum Gasteiger partial charge on any atom is 0.250 e. The second-order valence-corrected chi connectivity index (χ2v) is 5.08. The highest BCUT2D eigenvalue weighted by atomic mass is 32.1. The SMILES string of the molecule is CN1C=CN2NC(c3cccs3)CC2C1=O. The van der Waals surface area contributed by atoms with E-state index in [1.54, 1.807) is 29.5 Å². The fourth-order valence-electron chi connectivity index (χ4n) is 2.18. The maximum absolute atomic E-state index is 11.9. The van der Waals surface area contributed by atoms with Crippen LogP contribution in [0.5, 0.6) is 0 Å². The second kappa shape index (κ2) is 3.61. The summed E-state index contributed by atoms with van der Waals surface area (Å²) in [5.74, 6) is 0.161. The van der Waals surface area contributed by atoms with E-state index in [9.17, 15) is 4.79 Å². The van der Waals surface area contributed by atoms with E-state index in [1.807, 2.05) is 17.3 Å². The minimum atomic E-state index is -0.0536. The Labute approximate surface area is 98.1 Å². The van der Waals surface area contributed by atoms with Crippen LogP contribution >= 0.6 is 11.3 Å². The highest BCUT2D eigenvalue weighted by Crippen LogP contribution is 2.32. The maximum atomic E-state index is 11.9. The predicted molar refractivity (Wildman–Crippen MR) is 62.3 cm³/mol. The third kappa shape index (κ3) is 1.44. The number of hydrogen-bond acceptors (Lipinski definition) is 4. The fraction of sp³-hybridized carbons (Fsp3) is 0.364. The molecule has 0 saturated carbocycles. The van der Waals surface area contributed by atoms with Crippen molar-refractivity contribution < 1.29 is 4.79 Å². The van der Waals surface area contributed by atoms with Crippen molar-refractivity contribution in [3.8, 4) is 0 Å². The average molecular weight is 235 g/mol. The molecule has 1 aromatic heterocycles. The van der Waals surface area contributed by atoms with Gasteiger partial charge in [-0.05, 0) is 11.4 Å². The van der Waals surface area contributed by atoms with E-state index in [4.69, 9.17) is 0 Å². The molecule has 0 spiro atoms. The standard InChI is InChI=1S/C11H13N3OS/c1-13-4-5-14-9(11(13)15)7-8(12-14)10-3-2-6-16-10/h2-6,8-9,12H,7H2,1H3. The molecule has 0 aliphatic carbocycles. The number of amides is 1. The van der Waals surface area contributed by atoms with Gasteiger partial charge in [0, 0.05) is 30.7 Å². The van der Waals surface area contributed by atoms with Gasteiger partial charge in [-0.1, -0.05) is 6.07 Å².